The number of nitrogens with one attached hydrogen (secondary N) is 1. The van der Waals surface area contributed by atoms with Crippen LogP contribution in [0.5, 0.6) is 0 Å². The van der Waals surface area contributed by atoms with Gasteiger partial charge in [-0.2, -0.15) is 0 Å². The van der Waals surface area contributed by atoms with Crippen LogP contribution in [-0.4, -0.2) is 28.8 Å². The Morgan fingerprint density at radius 3 is 2.20 bits per heavy atom. The van der Waals surface area contributed by atoms with Gasteiger partial charge in [0.15, 0.2) is 0 Å². The van der Waals surface area contributed by atoms with Gasteiger partial charge in [-0.15, -0.1) is 0 Å². The molecule has 0 saturated heterocycles. The van der Waals surface area contributed by atoms with E-state index in [9.17, 15) is 9.59 Å². The fraction of sp³-hybridized carbons (Fsp3) is 0.517. The van der Waals surface area contributed by atoms with Crippen LogP contribution >= 0.6 is 23.2 Å². The van der Waals surface area contributed by atoms with Crippen molar-refractivity contribution in [2.45, 2.75) is 96.7 Å². The molecule has 1 unspecified atom stereocenters. The van der Waals surface area contributed by atoms with Crippen molar-refractivity contribution in [3.63, 3.8) is 0 Å². The first-order valence-corrected chi connectivity index (χ1v) is 13.7. The van der Waals surface area contributed by atoms with E-state index in [2.05, 4.69) is 43.4 Å². The summed E-state index contributed by atoms with van der Waals surface area (Å²) in [6.07, 6.45) is 6.94. The number of aryl methyl sites for hydroxylation is 1. The van der Waals surface area contributed by atoms with Gasteiger partial charge in [-0.1, -0.05) is 93.6 Å². The second-order valence-electron chi connectivity index (χ2n) is 9.89. The molecule has 0 spiro atoms. The fourth-order valence-corrected chi connectivity index (χ4v) is 5.30. The van der Waals surface area contributed by atoms with Crippen LogP contribution < -0.4 is 5.32 Å². The highest BCUT2D eigenvalue weighted by molar-refractivity contribution is 6.36. The standard InChI is InChI=1S/C29H38Cl2N2O2/c1-4-27(29(35)32-23-9-6-5-7-10-23)33(19-24-25(30)11-8-12-26(24)31)28(34)18-15-21-13-16-22(17-14-21)20(2)3/h8,11-14,16-17,20,23,27H,4-7,9-10,15,18-19H2,1-3H3,(H,32,35). The summed E-state index contributed by atoms with van der Waals surface area (Å²) in [4.78, 5) is 28.6. The van der Waals surface area contributed by atoms with Crippen LogP contribution in [0.15, 0.2) is 42.5 Å². The summed E-state index contributed by atoms with van der Waals surface area (Å²) in [5.41, 5.74) is 3.06. The number of hydrogen-bond donors (Lipinski definition) is 1. The summed E-state index contributed by atoms with van der Waals surface area (Å²) in [7, 11) is 0. The van der Waals surface area contributed by atoms with Crippen molar-refractivity contribution in [2.24, 2.45) is 0 Å². The molecule has 6 heteroatoms. The van der Waals surface area contributed by atoms with Crippen LogP contribution in [0.2, 0.25) is 10.0 Å². The predicted octanol–water partition coefficient (Wildman–Crippen LogP) is 7.31. The van der Waals surface area contributed by atoms with Gasteiger partial charge in [0.1, 0.15) is 6.04 Å². The SMILES string of the molecule is CCC(C(=O)NC1CCCCC1)N(Cc1c(Cl)cccc1Cl)C(=O)CCc1ccc(C(C)C)cc1. The summed E-state index contributed by atoms with van der Waals surface area (Å²) < 4.78 is 0. The van der Waals surface area contributed by atoms with Crippen LogP contribution in [0.1, 0.15) is 88.3 Å². The molecular weight excluding hydrogens is 479 g/mol. The number of benzene rings is 2. The van der Waals surface area contributed by atoms with Gasteiger partial charge < -0.3 is 10.2 Å². The molecule has 0 bridgehead atoms. The van der Waals surface area contributed by atoms with Crippen LogP contribution in [0.3, 0.4) is 0 Å². The zero-order valence-corrected chi connectivity index (χ0v) is 22.7. The highest BCUT2D eigenvalue weighted by Gasteiger charge is 2.31. The predicted molar refractivity (Wildman–Crippen MR) is 145 cm³/mol. The minimum atomic E-state index is -0.569. The molecule has 1 fully saturated rings. The molecule has 0 heterocycles. The van der Waals surface area contributed by atoms with Crippen LogP contribution in [0.4, 0.5) is 0 Å². The molecule has 1 atom stereocenters. The largest absolute Gasteiger partial charge is 0.352 e. The molecule has 1 saturated carbocycles. The lowest BCUT2D eigenvalue weighted by atomic mass is 9.95. The Hall–Kier alpha value is -2.04. The first-order chi connectivity index (χ1) is 16.8. The molecule has 0 aliphatic heterocycles. The number of carbonyl (C=O) groups is 2. The van der Waals surface area contributed by atoms with Crippen LogP contribution in [0.25, 0.3) is 0 Å². The van der Waals surface area contributed by atoms with Gasteiger partial charge in [0.05, 0.1) is 0 Å². The average molecular weight is 518 g/mol. The molecule has 2 aromatic rings. The summed E-state index contributed by atoms with van der Waals surface area (Å²) in [6.45, 7) is 6.49. The molecule has 1 aliphatic carbocycles. The van der Waals surface area contributed by atoms with Crippen LogP contribution in [0, 0.1) is 0 Å². The lowest BCUT2D eigenvalue weighted by molar-refractivity contribution is -0.141. The Kier molecular flexibility index (Phi) is 10.5. The van der Waals surface area contributed by atoms with E-state index in [4.69, 9.17) is 23.2 Å². The van der Waals surface area contributed by atoms with Gasteiger partial charge in [0.25, 0.3) is 0 Å². The topological polar surface area (TPSA) is 49.4 Å². The molecule has 3 rings (SSSR count). The third-order valence-corrected chi connectivity index (χ3v) is 7.71. The van der Waals surface area contributed by atoms with Crippen molar-refractivity contribution in [1.29, 1.82) is 0 Å². The van der Waals surface area contributed by atoms with E-state index >= 15 is 0 Å². The van der Waals surface area contributed by atoms with E-state index in [-0.39, 0.29) is 24.4 Å². The Morgan fingerprint density at radius 2 is 1.63 bits per heavy atom. The highest BCUT2D eigenvalue weighted by Crippen LogP contribution is 2.28. The smallest absolute Gasteiger partial charge is 0.243 e. The summed E-state index contributed by atoms with van der Waals surface area (Å²) in [5.74, 6) is 0.311. The first-order valence-electron chi connectivity index (χ1n) is 12.9. The maximum absolute atomic E-state index is 13.6. The van der Waals surface area contributed by atoms with E-state index < -0.39 is 6.04 Å². The molecule has 190 valence electrons. The van der Waals surface area contributed by atoms with Crippen molar-refractivity contribution in [1.82, 2.24) is 10.2 Å². The third kappa shape index (κ3) is 7.72. The molecule has 0 radical (unpaired) electrons. The van der Waals surface area contributed by atoms with Crippen molar-refractivity contribution >= 4 is 35.0 Å². The lowest BCUT2D eigenvalue weighted by Gasteiger charge is -2.33. The zero-order chi connectivity index (χ0) is 25.4. The molecule has 35 heavy (non-hydrogen) atoms. The van der Waals surface area contributed by atoms with E-state index in [1.807, 2.05) is 6.92 Å². The molecule has 1 N–H and O–H groups in total. The van der Waals surface area contributed by atoms with Gasteiger partial charge in [0, 0.05) is 34.6 Å². The summed E-state index contributed by atoms with van der Waals surface area (Å²) in [6, 6.07) is 13.4. The number of nitrogens with zero attached hydrogens (tertiary/aromatic N) is 1. The monoisotopic (exact) mass is 516 g/mol. The normalized spacial score (nSPS) is 15.1. The molecule has 0 aromatic heterocycles. The number of halogens is 2. The van der Waals surface area contributed by atoms with E-state index in [1.165, 1.54) is 12.0 Å². The lowest BCUT2D eigenvalue weighted by Crippen LogP contribution is -2.51. The first kappa shape index (κ1) is 27.5. The van der Waals surface area contributed by atoms with E-state index in [1.54, 1.807) is 23.1 Å². The maximum Gasteiger partial charge on any atom is 0.243 e. The van der Waals surface area contributed by atoms with Gasteiger partial charge in [-0.25, -0.2) is 0 Å². The van der Waals surface area contributed by atoms with E-state index in [0.717, 1.165) is 31.2 Å². The third-order valence-electron chi connectivity index (χ3n) is 7.00. The van der Waals surface area contributed by atoms with Gasteiger partial charge in [-0.05, 0) is 54.9 Å². The number of amides is 2. The van der Waals surface area contributed by atoms with Crippen molar-refractivity contribution in [2.75, 3.05) is 0 Å². The molecular formula is C29H38Cl2N2O2. The fourth-order valence-electron chi connectivity index (χ4n) is 4.78. The summed E-state index contributed by atoms with van der Waals surface area (Å²) in [5, 5.41) is 4.22. The quantitative estimate of drug-likeness (QED) is 0.359. The summed E-state index contributed by atoms with van der Waals surface area (Å²) >= 11 is 12.9. The second kappa shape index (κ2) is 13.3. The zero-order valence-electron chi connectivity index (χ0n) is 21.2. The average Bonchev–Trinajstić information content (AvgIpc) is 2.85. The number of rotatable bonds is 10. The van der Waals surface area contributed by atoms with Crippen molar-refractivity contribution in [3.8, 4) is 0 Å². The Balaban J connectivity index is 1.78. The maximum atomic E-state index is 13.6. The minimum Gasteiger partial charge on any atom is -0.352 e. The van der Waals surface area contributed by atoms with Crippen LogP contribution in [-0.2, 0) is 22.6 Å². The molecule has 4 nitrogen and oxygen atoms in total. The second-order valence-corrected chi connectivity index (χ2v) is 10.7. The number of carbonyl (C=O) groups excluding carboxylic acids is 2. The van der Waals surface area contributed by atoms with Gasteiger partial charge in [-0.3, -0.25) is 9.59 Å². The molecule has 1 aliphatic rings. The van der Waals surface area contributed by atoms with Crippen molar-refractivity contribution < 1.29 is 9.59 Å². The van der Waals surface area contributed by atoms with Crippen molar-refractivity contribution in [3.05, 3.63) is 69.2 Å². The van der Waals surface area contributed by atoms with E-state index in [0.29, 0.717) is 40.8 Å². The van der Waals surface area contributed by atoms with Gasteiger partial charge >= 0.3 is 0 Å². The minimum absolute atomic E-state index is 0.0698. The highest BCUT2D eigenvalue weighted by atomic mass is 35.5. The Bertz CT molecular complexity index is 964. The molecule has 2 aromatic carbocycles. The number of hydrogen-bond acceptors (Lipinski definition) is 2. The Labute approximate surface area is 220 Å². The molecule has 2 amide bonds. The van der Waals surface area contributed by atoms with Gasteiger partial charge in [0.2, 0.25) is 11.8 Å². The Morgan fingerprint density at radius 1 is 1.00 bits per heavy atom.